The Bertz CT molecular complexity index is 378. The second-order valence-electron chi connectivity index (χ2n) is 3.08. The molecule has 0 saturated carbocycles. The van der Waals surface area contributed by atoms with Gasteiger partial charge >= 0.3 is 6.03 Å². The van der Waals surface area contributed by atoms with Crippen molar-refractivity contribution in [3.05, 3.63) is 24.3 Å². The normalized spacial score (nSPS) is 9.75. The molecule has 0 aliphatic heterocycles. The van der Waals surface area contributed by atoms with Crippen LogP contribution in [0.1, 0.15) is 6.42 Å². The van der Waals surface area contributed by atoms with Crippen molar-refractivity contribution in [3.8, 4) is 0 Å². The number of amides is 3. The summed E-state index contributed by atoms with van der Waals surface area (Å²) >= 11 is 1.52. The molecule has 0 atom stereocenters. The molecule has 86 valence electrons. The molecule has 0 aliphatic rings. The fourth-order valence-corrected chi connectivity index (χ4v) is 1.88. The monoisotopic (exact) mass is 239 g/mol. The Hall–Kier alpha value is -1.69. The van der Waals surface area contributed by atoms with Crippen LogP contribution in [0.4, 0.5) is 10.5 Å². The molecular weight excluding hydrogens is 226 g/mol. The number of nitrogens with two attached hydrogens (primary N) is 2. The molecule has 0 aromatic heterocycles. The molecule has 0 radical (unpaired) electrons. The van der Waals surface area contributed by atoms with Gasteiger partial charge in [0.2, 0.25) is 5.91 Å². The van der Waals surface area contributed by atoms with Gasteiger partial charge in [-0.15, -0.1) is 11.8 Å². The first-order chi connectivity index (χ1) is 7.58. The highest BCUT2D eigenvalue weighted by molar-refractivity contribution is 7.99. The van der Waals surface area contributed by atoms with Gasteiger partial charge in [-0.05, 0) is 24.3 Å². The van der Waals surface area contributed by atoms with Crippen LogP contribution in [-0.4, -0.2) is 17.7 Å². The van der Waals surface area contributed by atoms with Gasteiger partial charge < -0.3 is 11.5 Å². The van der Waals surface area contributed by atoms with E-state index in [1.54, 1.807) is 12.1 Å². The molecule has 0 fully saturated rings. The highest BCUT2D eigenvalue weighted by atomic mass is 32.2. The molecule has 6 heteroatoms. The Kier molecular flexibility index (Phi) is 4.65. The lowest BCUT2D eigenvalue weighted by Crippen LogP contribution is -2.35. The summed E-state index contributed by atoms with van der Waals surface area (Å²) in [5.41, 5.74) is 11.0. The van der Waals surface area contributed by atoms with Gasteiger partial charge in [-0.3, -0.25) is 10.1 Å². The van der Waals surface area contributed by atoms with E-state index < -0.39 is 6.03 Å². The minimum atomic E-state index is -0.817. The second-order valence-corrected chi connectivity index (χ2v) is 4.25. The summed E-state index contributed by atoms with van der Waals surface area (Å²) in [6.07, 6.45) is 0.248. The number of imide groups is 1. The minimum absolute atomic E-state index is 0.248. The first-order valence-corrected chi connectivity index (χ1v) is 5.64. The van der Waals surface area contributed by atoms with Crippen molar-refractivity contribution >= 4 is 29.4 Å². The Labute approximate surface area is 97.6 Å². The Balaban J connectivity index is 2.28. The topological polar surface area (TPSA) is 98.2 Å². The second kappa shape index (κ2) is 6.02. The van der Waals surface area contributed by atoms with E-state index in [9.17, 15) is 9.59 Å². The number of carbonyl (C=O) groups is 2. The maximum absolute atomic E-state index is 11.1. The lowest BCUT2D eigenvalue weighted by atomic mass is 10.3. The van der Waals surface area contributed by atoms with E-state index in [1.165, 1.54) is 11.8 Å². The zero-order chi connectivity index (χ0) is 12.0. The molecule has 5 nitrogen and oxygen atoms in total. The molecule has 1 aromatic rings. The molecule has 1 aromatic carbocycles. The molecule has 0 aliphatic carbocycles. The summed E-state index contributed by atoms with van der Waals surface area (Å²) in [5.74, 6) is 0.221. The Morgan fingerprint density at radius 2 is 1.88 bits per heavy atom. The SMILES string of the molecule is NC(=O)NC(=O)CCSc1ccc(N)cc1. The van der Waals surface area contributed by atoms with Crippen molar-refractivity contribution in [1.29, 1.82) is 0 Å². The number of hydrogen-bond donors (Lipinski definition) is 3. The predicted molar refractivity (Wildman–Crippen MR) is 63.9 cm³/mol. The summed E-state index contributed by atoms with van der Waals surface area (Å²) in [6, 6.07) is 6.54. The molecular formula is C10H13N3O2S. The third kappa shape index (κ3) is 4.70. The quantitative estimate of drug-likeness (QED) is 0.538. The van der Waals surface area contributed by atoms with E-state index in [2.05, 4.69) is 0 Å². The number of thioether (sulfide) groups is 1. The highest BCUT2D eigenvalue weighted by Crippen LogP contribution is 2.19. The van der Waals surface area contributed by atoms with Crippen molar-refractivity contribution in [3.63, 3.8) is 0 Å². The van der Waals surface area contributed by atoms with Crippen LogP contribution in [0, 0.1) is 0 Å². The molecule has 3 amide bonds. The summed E-state index contributed by atoms with van der Waals surface area (Å²) in [5, 5.41) is 2.00. The van der Waals surface area contributed by atoms with Gasteiger partial charge in [-0.1, -0.05) is 0 Å². The molecule has 5 N–H and O–H groups in total. The van der Waals surface area contributed by atoms with E-state index in [-0.39, 0.29) is 12.3 Å². The van der Waals surface area contributed by atoms with E-state index in [4.69, 9.17) is 11.5 Å². The lowest BCUT2D eigenvalue weighted by molar-refractivity contribution is -0.119. The molecule has 0 unspecified atom stereocenters. The molecule has 16 heavy (non-hydrogen) atoms. The third-order valence-corrected chi connectivity index (χ3v) is 2.75. The fourth-order valence-electron chi connectivity index (χ4n) is 1.03. The maximum Gasteiger partial charge on any atom is 0.318 e. The molecule has 0 bridgehead atoms. The Morgan fingerprint density at radius 1 is 1.25 bits per heavy atom. The van der Waals surface area contributed by atoms with Crippen LogP contribution in [0.3, 0.4) is 0 Å². The van der Waals surface area contributed by atoms with Crippen LogP contribution in [0.25, 0.3) is 0 Å². The molecule has 1 rings (SSSR count). The largest absolute Gasteiger partial charge is 0.399 e. The number of nitrogens with one attached hydrogen (secondary N) is 1. The van der Waals surface area contributed by atoms with Crippen LogP contribution in [0.5, 0.6) is 0 Å². The first-order valence-electron chi connectivity index (χ1n) is 4.65. The van der Waals surface area contributed by atoms with Crippen LogP contribution < -0.4 is 16.8 Å². The standard InChI is InChI=1S/C10H13N3O2S/c11-7-1-3-8(4-2-7)16-6-5-9(14)13-10(12)15/h1-4H,5-6,11H2,(H3,12,13,14,15). The van der Waals surface area contributed by atoms with Gasteiger partial charge in [0.05, 0.1) is 0 Å². The number of nitrogen functional groups attached to an aromatic ring is 1. The smallest absolute Gasteiger partial charge is 0.318 e. The third-order valence-electron chi connectivity index (χ3n) is 1.74. The zero-order valence-electron chi connectivity index (χ0n) is 8.60. The molecule has 0 saturated heterocycles. The van der Waals surface area contributed by atoms with Gasteiger partial charge in [0.15, 0.2) is 0 Å². The van der Waals surface area contributed by atoms with E-state index in [1.807, 2.05) is 17.4 Å². The summed E-state index contributed by atoms with van der Waals surface area (Å²) in [6.45, 7) is 0. The van der Waals surface area contributed by atoms with Crippen molar-refractivity contribution in [1.82, 2.24) is 5.32 Å². The van der Waals surface area contributed by atoms with Gasteiger partial charge in [0.25, 0.3) is 0 Å². The van der Waals surface area contributed by atoms with E-state index in [0.717, 1.165) is 4.90 Å². The lowest BCUT2D eigenvalue weighted by Gasteiger charge is -2.02. The Morgan fingerprint density at radius 3 is 2.44 bits per heavy atom. The number of urea groups is 1. The molecule has 0 heterocycles. The van der Waals surface area contributed by atoms with Gasteiger partial charge in [0, 0.05) is 22.8 Å². The number of primary amides is 1. The minimum Gasteiger partial charge on any atom is -0.399 e. The number of carbonyl (C=O) groups excluding carboxylic acids is 2. The van der Waals surface area contributed by atoms with Crippen LogP contribution in [-0.2, 0) is 4.79 Å². The number of benzene rings is 1. The van der Waals surface area contributed by atoms with Crippen molar-refractivity contribution in [2.45, 2.75) is 11.3 Å². The number of hydrogen-bond acceptors (Lipinski definition) is 4. The average molecular weight is 239 g/mol. The highest BCUT2D eigenvalue weighted by Gasteiger charge is 2.03. The van der Waals surface area contributed by atoms with Gasteiger partial charge in [0.1, 0.15) is 0 Å². The van der Waals surface area contributed by atoms with E-state index in [0.29, 0.717) is 11.4 Å². The summed E-state index contributed by atoms with van der Waals surface area (Å²) < 4.78 is 0. The maximum atomic E-state index is 11.1. The van der Waals surface area contributed by atoms with Crippen LogP contribution >= 0.6 is 11.8 Å². The summed E-state index contributed by atoms with van der Waals surface area (Å²) in [7, 11) is 0. The first kappa shape index (κ1) is 12.4. The van der Waals surface area contributed by atoms with Crippen LogP contribution in [0.15, 0.2) is 29.2 Å². The summed E-state index contributed by atoms with van der Waals surface area (Å²) in [4.78, 5) is 22.4. The number of anilines is 1. The van der Waals surface area contributed by atoms with Gasteiger partial charge in [-0.2, -0.15) is 0 Å². The average Bonchev–Trinajstić information content (AvgIpc) is 2.20. The zero-order valence-corrected chi connectivity index (χ0v) is 9.42. The van der Waals surface area contributed by atoms with Crippen molar-refractivity contribution in [2.24, 2.45) is 5.73 Å². The van der Waals surface area contributed by atoms with Crippen molar-refractivity contribution in [2.75, 3.05) is 11.5 Å². The van der Waals surface area contributed by atoms with E-state index >= 15 is 0 Å². The van der Waals surface area contributed by atoms with Crippen LogP contribution in [0.2, 0.25) is 0 Å². The fraction of sp³-hybridized carbons (Fsp3) is 0.200. The number of rotatable bonds is 4. The van der Waals surface area contributed by atoms with Gasteiger partial charge in [-0.25, -0.2) is 4.79 Å². The van der Waals surface area contributed by atoms with Crippen molar-refractivity contribution < 1.29 is 9.59 Å². The predicted octanol–water partition coefficient (Wildman–Crippen LogP) is 0.946. The molecule has 0 spiro atoms.